The largest absolute Gasteiger partial charge is 1.00 e. The van der Waals surface area contributed by atoms with Gasteiger partial charge in [-0.3, -0.25) is 6.08 Å². The zero-order chi connectivity index (χ0) is 28.1. The Morgan fingerprint density at radius 3 is 2.12 bits per heavy atom. The van der Waals surface area contributed by atoms with E-state index in [0.717, 1.165) is 12.8 Å². The van der Waals surface area contributed by atoms with E-state index in [9.17, 15) is 0 Å². The molecular weight excluding hydrogens is 694 g/mol. The van der Waals surface area contributed by atoms with Crippen LogP contribution in [0.3, 0.4) is 0 Å². The molecule has 0 bridgehead atoms. The molecule has 1 aromatic rings. The molecule has 6 rings (SSSR count). The molecule has 0 aromatic heterocycles. The summed E-state index contributed by atoms with van der Waals surface area (Å²) in [5, 5.41) is 0. The second kappa shape index (κ2) is 12.8. The van der Waals surface area contributed by atoms with Crippen LogP contribution < -0.4 is 24.8 Å². The molecule has 0 saturated heterocycles. The fourth-order valence-corrected chi connectivity index (χ4v) is 7.91. The third kappa shape index (κ3) is 5.35. The number of hydrogen-bond acceptors (Lipinski definition) is 0. The minimum absolute atomic E-state index is 0. The van der Waals surface area contributed by atoms with E-state index in [2.05, 4.69) is 118 Å². The van der Waals surface area contributed by atoms with Gasteiger partial charge in [-0.05, 0) is 40.6 Å². The van der Waals surface area contributed by atoms with Crippen LogP contribution in [0.1, 0.15) is 99.6 Å². The third-order valence-electron chi connectivity index (χ3n) is 11.4. The van der Waals surface area contributed by atoms with Gasteiger partial charge in [-0.25, -0.2) is 18.1 Å². The number of halogens is 2. The van der Waals surface area contributed by atoms with Crippen LogP contribution in [0.4, 0.5) is 0 Å². The van der Waals surface area contributed by atoms with E-state index in [1.807, 2.05) is 12.2 Å². The van der Waals surface area contributed by atoms with Crippen molar-refractivity contribution in [3.63, 3.8) is 0 Å². The van der Waals surface area contributed by atoms with Gasteiger partial charge in [0.1, 0.15) is 0 Å². The van der Waals surface area contributed by atoms with E-state index < -0.39 is 0 Å². The van der Waals surface area contributed by atoms with Crippen LogP contribution in [0, 0.1) is 39.6 Å². The summed E-state index contributed by atoms with van der Waals surface area (Å²) in [4.78, 5) is 0. The van der Waals surface area contributed by atoms with Crippen LogP contribution in [-0.2, 0) is 30.3 Å². The van der Waals surface area contributed by atoms with Crippen molar-refractivity contribution < 1.29 is 48.7 Å². The Morgan fingerprint density at radius 1 is 0.950 bits per heavy atom. The first-order valence-corrected chi connectivity index (χ1v) is 16.3. The predicted octanol–water partition coefficient (Wildman–Crippen LogP) is 4.02. The molecule has 40 heavy (non-hydrogen) atoms. The number of rotatable bonds is 0. The molecule has 0 amide bonds. The molecule has 3 heteroatoms. The van der Waals surface area contributed by atoms with Gasteiger partial charge in [-0.1, -0.05) is 113 Å². The summed E-state index contributed by atoms with van der Waals surface area (Å²) in [6.45, 7) is 24.6. The first kappa shape index (κ1) is 35.3. The number of hydrogen-bond donors (Lipinski definition) is 0. The second-order valence-corrected chi connectivity index (χ2v) is 17.3. The van der Waals surface area contributed by atoms with Crippen molar-refractivity contribution in [2.75, 3.05) is 0 Å². The molecule has 5 aliphatic carbocycles. The van der Waals surface area contributed by atoms with E-state index in [-0.39, 0.29) is 46.5 Å². The Kier molecular flexibility index (Phi) is 11.3. The molecule has 0 nitrogen and oxygen atoms in total. The van der Waals surface area contributed by atoms with E-state index >= 15 is 0 Å². The summed E-state index contributed by atoms with van der Waals surface area (Å²) >= 11 is 1.27. The summed E-state index contributed by atoms with van der Waals surface area (Å²) in [6.07, 6.45) is 18.5. The normalized spacial score (nSPS) is 27.0. The average molecular weight is 742 g/mol. The Bertz CT molecular complexity index is 1250. The first-order valence-electron chi connectivity index (χ1n) is 14.5. The molecule has 2 atom stereocenters. The van der Waals surface area contributed by atoms with Gasteiger partial charge in [0.25, 0.3) is 0 Å². The van der Waals surface area contributed by atoms with Crippen molar-refractivity contribution in [3.8, 4) is 0 Å². The zero-order valence-corrected chi connectivity index (χ0v) is 31.5. The van der Waals surface area contributed by atoms with Crippen molar-refractivity contribution in [2.24, 2.45) is 27.6 Å². The fourth-order valence-electron chi connectivity index (χ4n) is 7.91. The van der Waals surface area contributed by atoms with E-state index in [1.165, 1.54) is 47.9 Å². The van der Waals surface area contributed by atoms with Crippen LogP contribution in [0.5, 0.6) is 0 Å². The first-order chi connectivity index (χ1) is 17.7. The smallest absolute Gasteiger partial charge is 0.109 e. The molecule has 1 fully saturated rings. The molecule has 5 aliphatic rings. The summed E-state index contributed by atoms with van der Waals surface area (Å²) in [7, 11) is 0. The van der Waals surface area contributed by atoms with Gasteiger partial charge in [-0.15, -0.1) is 13.3 Å². The maximum atomic E-state index is 2.99. The molecule has 0 N–H and O–H groups in total. The predicted molar refractivity (Wildman–Crippen MR) is 162 cm³/mol. The molecule has 0 radical (unpaired) electrons. The Morgan fingerprint density at radius 2 is 1.57 bits per heavy atom. The van der Waals surface area contributed by atoms with Gasteiger partial charge in [0, 0.05) is 0 Å². The van der Waals surface area contributed by atoms with Crippen LogP contribution in [0.25, 0.3) is 5.57 Å². The summed E-state index contributed by atoms with van der Waals surface area (Å²) < 4.78 is 1.56. The van der Waals surface area contributed by atoms with Crippen molar-refractivity contribution in [2.45, 2.75) is 94.9 Å². The van der Waals surface area contributed by atoms with E-state index in [4.69, 9.17) is 0 Å². The molecule has 0 aliphatic heterocycles. The van der Waals surface area contributed by atoms with Crippen molar-refractivity contribution in [3.05, 3.63) is 94.5 Å². The van der Waals surface area contributed by atoms with Crippen LogP contribution in [0.2, 0.25) is 0 Å². The number of benzene rings is 1. The van der Waals surface area contributed by atoms with Crippen LogP contribution in [0.15, 0.2) is 71.4 Å². The minimum Gasteiger partial charge on any atom is -1.00 e. The molecular formula is C37H48Cl2Hf-2. The Balaban J connectivity index is 0.000000441. The van der Waals surface area contributed by atoms with E-state index in [1.54, 1.807) is 31.5 Å². The third-order valence-corrected chi connectivity index (χ3v) is 11.4. The monoisotopic (exact) mass is 742 g/mol. The summed E-state index contributed by atoms with van der Waals surface area (Å²) in [6, 6.07) is 9.16. The molecule has 0 heterocycles. The van der Waals surface area contributed by atoms with Gasteiger partial charge in [0.15, 0.2) is 0 Å². The van der Waals surface area contributed by atoms with Gasteiger partial charge in [0.2, 0.25) is 0 Å². The standard InChI is InChI=1S/C29H37.C5H5.C3H6.2ClH.Hf/c1-18-25-22-17-19-13-9-10-14-20(19)24(22)21-15-11-12-16-23(21)29(25,8)28(6,7)27(4,5)26(18,2)3;1-2-4-5-3-1;1-3-2;;;/h9-11,13-15,23H,12,16-17H2,1-8H3;1-3H,4H2;1-2H3;2*1H;/q2*-1;;;;+2/p-2. The Labute approximate surface area is 272 Å². The topological polar surface area (TPSA) is 0 Å². The van der Waals surface area contributed by atoms with Gasteiger partial charge in [0.05, 0.1) is 0 Å². The van der Waals surface area contributed by atoms with E-state index in [0.29, 0.717) is 5.92 Å². The quantitative estimate of drug-likeness (QED) is 0.279. The average Bonchev–Trinajstić information content (AvgIpc) is 3.54. The van der Waals surface area contributed by atoms with Crippen LogP contribution in [-0.4, -0.2) is 3.26 Å². The Hall–Kier alpha value is -0.890. The molecule has 2 unspecified atom stereocenters. The van der Waals surface area contributed by atoms with Crippen LogP contribution >= 0.6 is 0 Å². The van der Waals surface area contributed by atoms with Crippen molar-refractivity contribution >= 4 is 8.83 Å². The summed E-state index contributed by atoms with van der Waals surface area (Å²) in [5.74, 6) is 2.24. The number of allylic oxidation sites excluding steroid dienone is 10. The minimum atomic E-state index is 0. The molecule has 0 spiro atoms. The van der Waals surface area contributed by atoms with Gasteiger partial charge < -0.3 is 24.8 Å². The zero-order valence-electron chi connectivity index (χ0n) is 26.4. The van der Waals surface area contributed by atoms with Gasteiger partial charge >= 0.3 is 41.0 Å². The molecule has 1 aromatic carbocycles. The van der Waals surface area contributed by atoms with Crippen molar-refractivity contribution in [1.29, 1.82) is 0 Å². The molecule has 216 valence electrons. The maximum absolute atomic E-state index is 2.99. The maximum Gasteiger partial charge on any atom is -0.109 e. The fraction of sp³-hybridized carbons (Fsp3) is 0.514. The summed E-state index contributed by atoms with van der Waals surface area (Å²) in [5.41, 5.74) is 10.3. The SMILES string of the molecule is C[C-]1C2=C3Cc4ccccc4C3=C3C=CCCC3C2(C)C(C)(C)C(C)(C)C1(C)C.C[C](C)=[Hf+2].[C-]1=CC=CC1.[Cl-].[Cl-]. The number of fused-ring (bicyclic) bond motifs is 6. The molecule has 1 saturated carbocycles. The second-order valence-electron chi connectivity index (χ2n) is 13.8. The van der Waals surface area contributed by atoms with Crippen molar-refractivity contribution in [1.82, 2.24) is 0 Å². The van der Waals surface area contributed by atoms with Gasteiger partial charge in [-0.2, -0.15) is 17.2 Å².